The van der Waals surface area contributed by atoms with Gasteiger partial charge >= 0.3 is 0 Å². The van der Waals surface area contributed by atoms with E-state index in [0.29, 0.717) is 29.3 Å². The zero-order valence-electron chi connectivity index (χ0n) is 16.8. The second-order valence-corrected chi connectivity index (χ2v) is 8.13. The van der Waals surface area contributed by atoms with Gasteiger partial charge in [-0.05, 0) is 11.1 Å². The Morgan fingerprint density at radius 3 is 2.63 bits per heavy atom. The van der Waals surface area contributed by atoms with Gasteiger partial charge in [-0.1, -0.05) is 42.8 Å². The number of benzene rings is 2. The number of methoxy groups -OCH3 is 2. The molecule has 0 unspecified atom stereocenters. The molecule has 0 saturated heterocycles. The molecule has 30 heavy (non-hydrogen) atoms. The van der Waals surface area contributed by atoms with Crippen LogP contribution in [0.3, 0.4) is 0 Å². The van der Waals surface area contributed by atoms with Gasteiger partial charge in [0.2, 0.25) is 11.4 Å². The summed E-state index contributed by atoms with van der Waals surface area (Å²) in [5.74, 6) is 0.243. The number of hydrogen-bond donors (Lipinski definition) is 1. The smallest absolute Gasteiger partial charge is 0.220 e. The van der Waals surface area contributed by atoms with Crippen LogP contribution in [-0.4, -0.2) is 31.4 Å². The van der Waals surface area contributed by atoms with E-state index in [1.807, 2.05) is 31.2 Å². The van der Waals surface area contributed by atoms with Crippen LogP contribution in [0.25, 0.3) is 5.57 Å². The molecule has 2 aromatic rings. The third kappa shape index (κ3) is 2.25. The Hall–Kier alpha value is -2.99. The highest BCUT2D eigenvalue weighted by Crippen LogP contribution is 2.56. The van der Waals surface area contributed by atoms with Gasteiger partial charge in [-0.15, -0.1) is 0 Å². The average Bonchev–Trinajstić information content (AvgIpc) is 3.07. The van der Waals surface area contributed by atoms with Gasteiger partial charge in [0.1, 0.15) is 22.1 Å². The number of fused-ring (bicyclic) bond motifs is 4. The fraction of sp³-hybridized carbons (Fsp3) is 0.304. The van der Waals surface area contributed by atoms with Crippen LogP contribution in [0, 0.1) is 5.92 Å². The third-order valence-corrected chi connectivity index (χ3v) is 6.60. The lowest BCUT2D eigenvalue weighted by Gasteiger charge is -2.42. The first-order valence-electron chi connectivity index (χ1n) is 9.72. The van der Waals surface area contributed by atoms with Crippen molar-refractivity contribution < 1.29 is 23.8 Å². The fourth-order valence-corrected chi connectivity index (χ4v) is 5.06. The van der Waals surface area contributed by atoms with Crippen LogP contribution in [0.4, 0.5) is 0 Å². The lowest BCUT2D eigenvalue weighted by molar-refractivity contribution is -0.116. The maximum Gasteiger partial charge on any atom is 0.220 e. The summed E-state index contributed by atoms with van der Waals surface area (Å²) in [6.07, 6.45) is 0.186. The molecular formula is C23H20ClNO5. The average molecular weight is 426 g/mol. The van der Waals surface area contributed by atoms with E-state index in [4.69, 9.17) is 25.8 Å². The van der Waals surface area contributed by atoms with E-state index in [0.717, 1.165) is 11.1 Å². The Bertz CT molecular complexity index is 1150. The van der Waals surface area contributed by atoms with Crippen molar-refractivity contribution in [2.75, 3.05) is 14.2 Å². The van der Waals surface area contributed by atoms with E-state index in [1.165, 1.54) is 14.2 Å². The monoisotopic (exact) mass is 425 g/mol. The fourth-order valence-electron chi connectivity index (χ4n) is 4.79. The van der Waals surface area contributed by atoms with E-state index < -0.39 is 11.5 Å². The van der Waals surface area contributed by atoms with Crippen LogP contribution < -0.4 is 19.5 Å². The molecule has 2 aromatic carbocycles. The summed E-state index contributed by atoms with van der Waals surface area (Å²) in [7, 11) is 2.97. The minimum Gasteiger partial charge on any atom is -0.496 e. The number of rotatable bonds is 2. The number of Topliss-reactive ketones (excluding diaryl/α,β-unsaturated/α-hetero) is 2. The number of carbonyl (C=O) groups is 2. The highest BCUT2D eigenvalue weighted by Gasteiger charge is 2.61. The normalized spacial score (nSPS) is 24.1. The molecule has 5 rings (SSSR count). The van der Waals surface area contributed by atoms with Crippen LogP contribution >= 0.6 is 11.6 Å². The Labute approximate surface area is 178 Å². The molecule has 3 aliphatic rings. The van der Waals surface area contributed by atoms with Gasteiger partial charge in [0, 0.05) is 30.5 Å². The quantitative estimate of drug-likeness (QED) is 0.789. The second-order valence-electron chi connectivity index (χ2n) is 7.76. The lowest BCUT2D eigenvalue weighted by Crippen LogP contribution is -2.56. The highest BCUT2D eigenvalue weighted by atomic mass is 35.5. The number of halogens is 1. The van der Waals surface area contributed by atoms with Crippen LogP contribution in [0.5, 0.6) is 17.2 Å². The summed E-state index contributed by atoms with van der Waals surface area (Å²) in [5.41, 5.74) is 1.76. The minimum absolute atomic E-state index is 0.00854. The predicted molar refractivity (Wildman–Crippen MR) is 111 cm³/mol. The number of carbonyl (C=O) groups excluding carboxylic acids is 2. The number of ketones is 2. The van der Waals surface area contributed by atoms with Gasteiger partial charge in [-0.3, -0.25) is 9.59 Å². The molecule has 1 N–H and O–H groups in total. The van der Waals surface area contributed by atoms with Crippen LogP contribution in [0.2, 0.25) is 5.02 Å². The molecule has 0 radical (unpaired) electrons. The predicted octanol–water partition coefficient (Wildman–Crippen LogP) is 3.79. The summed E-state index contributed by atoms with van der Waals surface area (Å²) < 4.78 is 17.2. The summed E-state index contributed by atoms with van der Waals surface area (Å²) >= 11 is 6.52. The molecule has 0 saturated carbocycles. The van der Waals surface area contributed by atoms with Crippen LogP contribution in [0.15, 0.2) is 36.0 Å². The summed E-state index contributed by atoms with van der Waals surface area (Å²) in [6.45, 7) is 2.35. The Morgan fingerprint density at radius 2 is 1.90 bits per heavy atom. The molecule has 7 heteroatoms. The molecule has 6 nitrogen and oxygen atoms in total. The number of allylic oxidation sites excluding steroid dienone is 1. The van der Waals surface area contributed by atoms with Gasteiger partial charge < -0.3 is 19.5 Å². The number of nitrogens with one attached hydrogen (secondary N) is 1. The van der Waals surface area contributed by atoms with E-state index >= 15 is 0 Å². The summed E-state index contributed by atoms with van der Waals surface area (Å²) in [6, 6.07) is 9.29. The molecule has 0 amide bonds. The van der Waals surface area contributed by atoms with Crippen molar-refractivity contribution in [3.05, 3.63) is 57.7 Å². The molecule has 0 bridgehead atoms. The Morgan fingerprint density at radius 1 is 1.17 bits per heavy atom. The molecule has 1 aliphatic carbocycles. The van der Waals surface area contributed by atoms with Crippen molar-refractivity contribution in [1.29, 1.82) is 0 Å². The Kier molecular flexibility index (Phi) is 4.12. The van der Waals surface area contributed by atoms with Gasteiger partial charge in [0.15, 0.2) is 11.5 Å². The zero-order valence-corrected chi connectivity index (χ0v) is 17.6. The number of ether oxygens (including phenoxy) is 3. The largest absolute Gasteiger partial charge is 0.496 e. The van der Waals surface area contributed by atoms with Gasteiger partial charge in [-0.25, -0.2) is 0 Å². The molecular weight excluding hydrogens is 406 g/mol. The van der Waals surface area contributed by atoms with Gasteiger partial charge in [-0.2, -0.15) is 0 Å². The van der Waals surface area contributed by atoms with Crippen LogP contribution in [-0.2, 0) is 11.3 Å². The third-order valence-electron chi connectivity index (χ3n) is 6.25. The second kappa shape index (κ2) is 6.51. The standard InChI is InChI=1S/C23H20ClNO5/c1-11-8-14(26)17-13-7-5-4-6-12(13)10-25-21(17)23(11)22(27)18-15(28-2)9-16(29-3)19(24)20(18)30-23/h4-7,9,11,25H,8,10H2,1-3H3/t11-,23+/m1/s1. The highest BCUT2D eigenvalue weighted by molar-refractivity contribution is 6.35. The molecule has 154 valence electrons. The van der Waals surface area contributed by atoms with Crippen molar-refractivity contribution in [3.63, 3.8) is 0 Å². The summed E-state index contributed by atoms with van der Waals surface area (Å²) in [4.78, 5) is 27.0. The van der Waals surface area contributed by atoms with Crippen molar-refractivity contribution in [2.45, 2.75) is 25.5 Å². The zero-order chi connectivity index (χ0) is 21.2. The first-order chi connectivity index (χ1) is 14.4. The number of hydrogen-bond acceptors (Lipinski definition) is 6. The topological polar surface area (TPSA) is 73.9 Å². The summed E-state index contributed by atoms with van der Waals surface area (Å²) in [5, 5.41) is 3.53. The molecule has 0 fully saturated rings. The van der Waals surface area contributed by atoms with Gasteiger partial charge in [0.05, 0.1) is 19.9 Å². The maximum atomic E-state index is 13.9. The van der Waals surface area contributed by atoms with E-state index in [9.17, 15) is 9.59 Å². The first-order valence-corrected chi connectivity index (χ1v) is 10.1. The SMILES string of the molecule is COc1cc(OC)c2c(c1Cl)O[C@]1(C2=O)C2=C(C(=O)C[C@H]1C)c1ccccc1CN2. The Balaban J connectivity index is 1.78. The molecule has 2 atom stereocenters. The molecule has 0 aromatic heterocycles. The molecule has 2 heterocycles. The van der Waals surface area contributed by atoms with Crippen LogP contribution in [0.1, 0.15) is 34.8 Å². The van der Waals surface area contributed by atoms with Crippen molar-refractivity contribution in [3.8, 4) is 17.2 Å². The van der Waals surface area contributed by atoms with Gasteiger partial charge in [0.25, 0.3) is 0 Å². The van der Waals surface area contributed by atoms with E-state index in [1.54, 1.807) is 6.07 Å². The molecule has 2 aliphatic heterocycles. The van der Waals surface area contributed by atoms with Crippen molar-refractivity contribution in [1.82, 2.24) is 5.32 Å². The minimum atomic E-state index is -1.37. The maximum absolute atomic E-state index is 13.9. The van der Waals surface area contributed by atoms with Crippen molar-refractivity contribution in [2.24, 2.45) is 5.92 Å². The first kappa shape index (κ1) is 19.0. The molecule has 1 spiro atoms. The van der Waals surface area contributed by atoms with Crippen molar-refractivity contribution >= 4 is 28.7 Å². The van der Waals surface area contributed by atoms with E-state index in [-0.39, 0.29) is 34.3 Å². The lowest BCUT2D eigenvalue weighted by atomic mass is 9.69. The van der Waals surface area contributed by atoms with E-state index in [2.05, 4.69) is 5.32 Å².